The predicted molar refractivity (Wildman–Crippen MR) is 77.4 cm³/mol. The van der Waals surface area contributed by atoms with Crippen LogP contribution in [0.3, 0.4) is 0 Å². The Morgan fingerprint density at radius 3 is 2.76 bits per heavy atom. The van der Waals surface area contributed by atoms with Gasteiger partial charge in [-0.1, -0.05) is 17.7 Å². The molecule has 21 heavy (non-hydrogen) atoms. The van der Waals surface area contributed by atoms with Crippen LogP contribution >= 0.6 is 11.6 Å². The monoisotopic (exact) mass is 311 g/mol. The van der Waals surface area contributed by atoms with Gasteiger partial charge in [-0.25, -0.2) is 4.39 Å². The van der Waals surface area contributed by atoms with Crippen molar-refractivity contribution >= 4 is 29.6 Å². The molecule has 0 saturated carbocycles. The Balaban J connectivity index is 2.12. The Kier molecular flexibility index (Phi) is 4.63. The molecular formula is C15H15ClFNO3. The van der Waals surface area contributed by atoms with Crippen LogP contribution in [0.15, 0.2) is 24.3 Å². The van der Waals surface area contributed by atoms with Gasteiger partial charge in [-0.15, -0.1) is 0 Å². The van der Waals surface area contributed by atoms with Crippen LogP contribution in [0, 0.1) is 11.7 Å². The molecular weight excluding hydrogens is 297 g/mol. The minimum absolute atomic E-state index is 0.147. The van der Waals surface area contributed by atoms with Crippen molar-refractivity contribution in [3.63, 3.8) is 0 Å². The molecule has 1 aliphatic heterocycles. The van der Waals surface area contributed by atoms with Gasteiger partial charge in [-0.2, -0.15) is 0 Å². The van der Waals surface area contributed by atoms with Crippen LogP contribution in [0.2, 0.25) is 5.02 Å². The summed E-state index contributed by atoms with van der Waals surface area (Å²) in [6.45, 7) is 2.08. The number of aliphatic carboxylic acids is 1. The summed E-state index contributed by atoms with van der Waals surface area (Å²) in [7, 11) is 0. The molecule has 1 aliphatic rings. The highest BCUT2D eigenvalue weighted by Crippen LogP contribution is 2.25. The lowest BCUT2D eigenvalue weighted by Crippen LogP contribution is -2.36. The summed E-state index contributed by atoms with van der Waals surface area (Å²) in [6, 6.07) is 3.90. The smallest absolute Gasteiger partial charge is 0.308 e. The number of halogens is 2. The van der Waals surface area contributed by atoms with E-state index in [4.69, 9.17) is 16.7 Å². The summed E-state index contributed by atoms with van der Waals surface area (Å²) < 4.78 is 13.6. The molecule has 0 aliphatic carbocycles. The van der Waals surface area contributed by atoms with Crippen LogP contribution in [0.25, 0.3) is 6.08 Å². The standard InChI is InChI=1S/C15H15ClFNO3/c1-9-10(15(20)21)7-8-18(9)14(19)6-5-11-12(16)3-2-4-13(11)17/h2-6,9-10H,7-8H2,1H3,(H,20,21). The van der Waals surface area contributed by atoms with E-state index in [0.717, 1.165) is 0 Å². The Hall–Kier alpha value is -1.88. The maximum absolute atomic E-state index is 13.6. The normalized spacial score (nSPS) is 22.0. The van der Waals surface area contributed by atoms with Gasteiger partial charge in [0.2, 0.25) is 5.91 Å². The van der Waals surface area contributed by atoms with Gasteiger partial charge in [0.05, 0.1) is 10.9 Å². The molecule has 1 aromatic carbocycles. The Morgan fingerprint density at radius 1 is 1.48 bits per heavy atom. The molecule has 6 heteroatoms. The Labute approximate surface area is 126 Å². The van der Waals surface area contributed by atoms with Crippen LogP contribution < -0.4 is 0 Å². The van der Waals surface area contributed by atoms with Gasteiger partial charge < -0.3 is 10.0 Å². The van der Waals surface area contributed by atoms with E-state index in [9.17, 15) is 14.0 Å². The summed E-state index contributed by atoms with van der Waals surface area (Å²) in [4.78, 5) is 24.6. The summed E-state index contributed by atoms with van der Waals surface area (Å²) in [5.41, 5.74) is 0.147. The van der Waals surface area contributed by atoms with Crippen LogP contribution in [-0.4, -0.2) is 34.5 Å². The molecule has 1 amide bonds. The number of benzene rings is 1. The number of carboxylic acids is 1. The molecule has 1 aromatic rings. The number of amides is 1. The average Bonchev–Trinajstić information content (AvgIpc) is 2.80. The van der Waals surface area contributed by atoms with Gasteiger partial charge in [0.1, 0.15) is 5.82 Å². The van der Waals surface area contributed by atoms with Crippen LogP contribution in [0.5, 0.6) is 0 Å². The molecule has 4 nitrogen and oxygen atoms in total. The van der Waals surface area contributed by atoms with E-state index in [0.29, 0.717) is 13.0 Å². The highest BCUT2D eigenvalue weighted by Gasteiger charge is 2.37. The van der Waals surface area contributed by atoms with Crippen molar-refractivity contribution in [3.8, 4) is 0 Å². The third-order valence-corrected chi connectivity index (χ3v) is 4.08. The van der Waals surface area contributed by atoms with Crippen molar-refractivity contribution in [3.05, 3.63) is 40.7 Å². The maximum atomic E-state index is 13.6. The zero-order valence-electron chi connectivity index (χ0n) is 11.4. The van der Waals surface area contributed by atoms with Crippen LogP contribution in [0.1, 0.15) is 18.9 Å². The summed E-state index contributed by atoms with van der Waals surface area (Å²) in [6.07, 6.45) is 2.97. The van der Waals surface area contributed by atoms with Crippen molar-refractivity contribution in [2.75, 3.05) is 6.54 Å². The number of carbonyl (C=O) groups is 2. The molecule has 2 unspecified atom stereocenters. The largest absolute Gasteiger partial charge is 0.481 e. The molecule has 1 N–H and O–H groups in total. The topological polar surface area (TPSA) is 57.6 Å². The molecule has 2 atom stereocenters. The SMILES string of the molecule is CC1C(C(=O)O)CCN1C(=O)C=Cc1c(F)cccc1Cl. The van der Waals surface area contributed by atoms with Crippen molar-refractivity contribution in [1.82, 2.24) is 4.90 Å². The second kappa shape index (κ2) is 6.26. The van der Waals surface area contributed by atoms with Crippen LogP contribution in [-0.2, 0) is 9.59 Å². The Morgan fingerprint density at radius 2 is 2.19 bits per heavy atom. The summed E-state index contributed by atoms with van der Waals surface area (Å²) in [5.74, 6) is -2.31. The third kappa shape index (κ3) is 3.24. The molecule has 0 bridgehead atoms. The lowest BCUT2D eigenvalue weighted by atomic mass is 10.0. The quantitative estimate of drug-likeness (QED) is 0.873. The highest BCUT2D eigenvalue weighted by atomic mass is 35.5. The fourth-order valence-electron chi connectivity index (χ4n) is 2.50. The number of nitrogens with zero attached hydrogens (tertiary/aromatic N) is 1. The van der Waals surface area contributed by atoms with E-state index in [1.807, 2.05) is 0 Å². The van der Waals surface area contributed by atoms with Crippen molar-refractivity contribution in [1.29, 1.82) is 0 Å². The molecule has 1 saturated heterocycles. The van der Waals surface area contributed by atoms with Gasteiger partial charge in [0.15, 0.2) is 0 Å². The molecule has 0 radical (unpaired) electrons. The van der Waals surface area contributed by atoms with Gasteiger partial charge in [-0.3, -0.25) is 9.59 Å². The van der Waals surface area contributed by atoms with Gasteiger partial charge in [-0.05, 0) is 31.6 Å². The van der Waals surface area contributed by atoms with E-state index < -0.39 is 17.7 Å². The molecule has 2 rings (SSSR count). The number of carbonyl (C=O) groups excluding carboxylic acids is 1. The maximum Gasteiger partial charge on any atom is 0.308 e. The molecule has 0 aromatic heterocycles. The lowest BCUT2D eigenvalue weighted by Gasteiger charge is -2.21. The number of carboxylic acid groups (broad SMARTS) is 1. The first-order valence-corrected chi connectivity index (χ1v) is 6.95. The minimum Gasteiger partial charge on any atom is -0.481 e. The number of hydrogen-bond donors (Lipinski definition) is 1. The zero-order valence-corrected chi connectivity index (χ0v) is 12.2. The van der Waals surface area contributed by atoms with E-state index in [1.165, 1.54) is 35.3 Å². The zero-order chi connectivity index (χ0) is 15.6. The summed E-state index contributed by atoms with van der Waals surface area (Å²) >= 11 is 5.87. The van der Waals surface area contributed by atoms with Crippen molar-refractivity contribution in [2.45, 2.75) is 19.4 Å². The highest BCUT2D eigenvalue weighted by molar-refractivity contribution is 6.32. The minimum atomic E-state index is -0.904. The number of likely N-dealkylation sites (tertiary alicyclic amines) is 1. The van der Waals surface area contributed by atoms with E-state index in [2.05, 4.69) is 0 Å². The number of rotatable bonds is 3. The van der Waals surface area contributed by atoms with Crippen LogP contribution in [0.4, 0.5) is 4.39 Å². The average molecular weight is 312 g/mol. The second-order valence-electron chi connectivity index (χ2n) is 4.97. The second-order valence-corrected chi connectivity index (χ2v) is 5.38. The van der Waals surface area contributed by atoms with E-state index in [-0.39, 0.29) is 22.5 Å². The molecule has 112 valence electrons. The Bertz CT molecular complexity index is 582. The van der Waals surface area contributed by atoms with Gasteiger partial charge in [0, 0.05) is 24.2 Å². The first-order valence-electron chi connectivity index (χ1n) is 6.57. The fraction of sp³-hybridized carbons (Fsp3) is 0.333. The number of hydrogen-bond acceptors (Lipinski definition) is 2. The first kappa shape index (κ1) is 15.5. The van der Waals surface area contributed by atoms with Crippen molar-refractivity contribution in [2.24, 2.45) is 5.92 Å². The molecule has 1 heterocycles. The summed E-state index contributed by atoms with van der Waals surface area (Å²) in [5, 5.41) is 9.26. The molecule has 1 fully saturated rings. The van der Waals surface area contributed by atoms with E-state index in [1.54, 1.807) is 6.92 Å². The van der Waals surface area contributed by atoms with Gasteiger partial charge >= 0.3 is 5.97 Å². The fourth-order valence-corrected chi connectivity index (χ4v) is 2.73. The first-order chi connectivity index (χ1) is 9.91. The van der Waals surface area contributed by atoms with E-state index >= 15 is 0 Å². The van der Waals surface area contributed by atoms with Crippen molar-refractivity contribution < 1.29 is 19.1 Å². The third-order valence-electron chi connectivity index (χ3n) is 3.75. The lowest BCUT2D eigenvalue weighted by molar-refractivity contribution is -0.142. The molecule has 0 spiro atoms. The van der Waals surface area contributed by atoms with Gasteiger partial charge in [0.25, 0.3) is 0 Å². The predicted octanol–water partition coefficient (Wildman–Crippen LogP) is 2.81.